The number of hydrogen-bond acceptors (Lipinski definition) is 7. The van der Waals surface area contributed by atoms with Gasteiger partial charge in [0.2, 0.25) is 5.95 Å². The predicted molar refractivity (Wildman–Crippen MR) is 145 cm³/mol. The zero-order valence-corrected chi connectivity index (χ0v) is 20.2. The van der Waals surface area contributed by atoms with Gasteiger partial charge in [-0.15, -0.1) is 0 Å². The summed E-state index contributed by atoms with van der Waals surface area (Å²) in [5.74, 6) is -0.679. The summed E-state index contributed by atoms with van der Waals surface area (Å²) in [5.41, 5.74) is 0.488. The molecular weight excluding hydrogens is 497 g/mol. The molecule has 0 aliphatic heterocycles. The van der Waals surface area contributed by atoms with Crippen LogP contribution < -0.4 is 16.7 Å². The fourth-order valence-electron chi connectivity index (χ4n) is 4.44. The second kappa shape index (κ2) is 9.64. The van der Waals surface area contributed by atoms with Crippen molar-refractivity contribution >= 4 is 33.3 Å². The van der Waals surface area contributed by atoms with Crippen molar-refractivity contribution in [2.45, 2.75) is 6.54 Å². The van der Waals surface area contributed by atoms with Gasteiger partial charge in [-0.05, 0) is 42.0 Å². The molecule has 0 spiro atoms. The molecule has 0 aliphatic rings. The fraction of sp³-hybridized carbons (Fsp3) is 0.0345. The number of fused-ring (bicyclic) bond motifs is 2. The summed E-state index contributed by atoms with van der Waals surface area (Å²) in [7, 11) is 0. The van der Waals surface area contributed by atoms with E-state index in [0.29, 0.717) is 16.6 Å². The van der Waals surface area contributed by atoms with Gasteiger partial charge in [-0.3, -0.25) is 14.5 Å². The first kappa shape index (κ1) is 23.7. The van der Waals surface area contributed by atoms with Gasteiger partial charge in [0.05, 0.1) is 29.5 Å². The molecule has 9 nitrogen and oxygen atoms in total. The van der Waals surface area contributed by atoms with Crippen LogP contribution in [0.5, 0.6) is 0 Å². The van der Waals surface area contributed by atoms with Crippen LogP contribution in [-0.2, 0) is 6.54 Å². The van der Waals surface area contributed by atoms with Crippen LogP contribution in [0.25, 0.3) is 27.4 Å². The van der Waals surface area contributed by atoms with Gasteiger partial charge in [0.15, 0.2) is 0 Å². The van der Waals surface area contributed by atoms with Crippen molar-refractivity contribution in [3.63, 3.8) is 0 Å². The van der Waals surface area contributed by atoms with E-state index in [1.807, 2.05) is 36.4 Å². The molecule has 0 atom stereocenters. The molecule has 1 N–H and O–H groups in total. The molecule has 6 aromatic rings. The van der Waals surface area contributed by atoms with Crippen molar-refractivity contribution < 1.29 is 4.39 Å². The minimum absolute atomic E-state index is 0.0134. The number of hydrogen-bond donors (Lipinski definition) is 1. The van der Waals surface area contributed by atoms with Crippen LogP contribution in [0, 0.1) is 17.1 Å². The average molecular weight is 516 g/mol. The molecule has 0 saturated heterocycles. The maximum Gasteiger partial charge on any atom is 0.359 e. The number of rotatable bonds is 5. The standard InChI is InChI=1S/C29H18FN7O2/c30-24-9-7-18(12-21(24)14-31)17-36-27(34-22-8-10-25-19(13-22)5-3-11-33-25)35-28(38)37(29(36)39)26-16-32-15-20-4-1-2-6-23(20)26/h1-13,15-16H,17H2,(H,34,35,38). The van der Waals surface area contributed by atoms with Gasteiger partial charge < -0.3 is 5.32 Å². The number of nitrogens with zero attached hydrogens (tertiary/aromatic N) is 6. The van der Waals surface area contributed by atoms with Crippen molar-refractivity contribution in [3.05, 3.63) is 129 Å². The number of nitriles is 1. The minimum Gasteiger partial charge on any atom is -0.325 e. The monoisotopic (exact) mass is 515 g/mol. The molecule has 188 valence electrons. The summed E-state index contributed by atoms with van der Waals surface area (Å²) in [6.07, 6.45) is 4.77. The molecule has 0 amide bonds. The van der Waals surface area contributed by atoms with Crippen LogP contribution in [0.3, 0.4) is 0 Å². The number of halogens is 1. The molecule has 3 heterocycles. The molecule has 0 fully saturated rings. The molecule has 0 aliphatic carbocycles. The molecule has 10 heteroatoms. The highest BCUT2D eigenvalue weighted by Crippen LogP contribution is 2.22. The Morgan fingerprint density at radius 2 is 1.79 bits per heavy atom. The van der Waals surface area contributed by atoms with Crippen LogP contribution in [0.1, 0.15) is 11.1 Å². The van der Waals surface area contributed by atoms with Gasteiger partial charge in [0.1, 0.15) is 11.9 Å². The second-order valence-electron chi connectivity index (χ2n) is 8.76. The zero-order chi connectivity index (χ0) is 26.9. The minimum atomic E-state index is -0.795. The first-order chi connectivity index (χ1) is 19.0. The molecular formula is C29H18FN7O2. The normalized spacial score (nSPS) is 11.0. The molecule has 0 radical (unpaired) electrons. The molecule has 6 rings (SSSR count). The summed E-state index contributed by atoms with van der Waals surface area (Å²) >= 11 is 0. The number of benzene rings is 3. The highest BCUT2D eigenvalue weighted by molar-refractivity contribution is 5.89. The third kappa shape index (κ3) is 4.38. The first-order valence-corrected chi connectivity index (χ1v) is 11.9. The Balaban J connectivity index is 1.54. The van der Waals surface area contributed by atoms with Crippen molar-refractivity contribution in [2.24, 2.45) is 0 Å². The Kier molecular flexibility index (Phi) is 5.86. The van der Waals surface area contributed by atoms with Crippen molar-refractivity contribution in [1.29, 1.82) is 5.26 Å². The topological polar surface area (TPSA) is 118 Å². The van der Waals surface area contributed by atoms with Crippen molar-refractivity contribution in [3.8, 4) is 11.8 Å². The summed E-state index contributed by atoms with van der Waals surface area (Å²) in [6, 6.07) is 22.2. The van der Waals surface area contributed by atoms with Crippen molar-refractivity contribution in [1.82, 2.24) is 24.1 Å². The van der Waals surface area contributed by atoms with Gasteiger partial charge in [0.25, 0.3) is 0 Å². The highest BCUT2D eigenvalue weighted by Gasteiger charge is 2.18. The van der Waals surface area contributed by atoms with Gasteiger partial charge in [-0.25, -0.2) is 18.5 Å². The van der Waals surface area contributed by atoms with Gasteiger partial charge in [-0.2, -0.15) is 10.2 Å². The van der Waals surface area contributed by atoms with Crippen LogP contribution >= 0.6 is 0 Å². The maximum atomic E-state index is 14.0. The lowest BCUT2D eigenvalue weighted by Gasteiger charge is -2.17. The Bertz CT molecular complexity index is 2060. The second-order valence-corrected chi connectivity index (χ2v) is 8.76. The number of nitrogens with one attached hydrogen (secondary N) is 1. The number of aromatic nitrogens is 5. The van der Waals surface area contributed by atoms with E-state index >= 15 is 0 Å². The Hall–Kier alpha value is -5.69. The van der Waals surface area contributed by atoms with E-state index in [0.717, 1.165) is 20.9 Å². The number of pyridine rings is 2. The molecule has 39 heavy (non-hydrogen) atoms. The van der Waals surface area contributed by atoms with Crippen LogP contribution in [0.4, 0.5) is 16.0 Å². The van der Waals surface area contributed by atoms with Crippen LogP contribution in [0.15, 0.2) is 101 Å². The summed E-state index contributed by atoms with van der Waals surface area (Å²) in [4.78, 5) is 40.0. The lowest BCUT2D eigenvalue weighted by Crippen LogP contribution is -2.42. The lowest BCUT2D eigenvalue weighted by molar-refractivity contribution is 0.620. The average Bonchev–Trinajstić information content (AvgIpc) is 2.96. The van der Waals surface area contributed by atoms with E-state index < -0.39 is 17.2 Å². The van der Waals surface area contributed by atoms with E-state index in [1.165, 1.54) is 29.0 Å². The highest BCUT2D eigenvalue weighted by atomic mass is 19.1. The fourth-order valence-corrected chi connectivity index (χ4v) is 4.44. The van der Waals surface area contributed by atoms with E-state index in [9.17, 15) is 19.2 Å². The molecule has 0 unspecified atom stereocenters. The quantitative estimate of drug-likeness (QED) is 0.364. The van der Waals surface area contributed by atoms with Crippen LogP contribution in [-0.4, -0.2) is 24.1 Å². The Labute approximate surface area is 220 Å². The lowest BCUT2D eigenvalue weighted by atomic mass is 10.1. The largest absolute Gasteiger partial charge is 0.359 e. The summed E-state index contributed by atoms with van der Waals surface area (Å²) in [6.45, 7) is -0.0866. The third-order valence-electron chi connectivity index (χ3n) is 6.31. The third-order valence-corrected chi connectivity index (χ3v) is 6.31. The van der Waals surface area contributed by atoms with Crippen molar-refractivity contribution in [2.75, 3.05) is 5.32 Å². The van der Waals surface area contributed by atoms with Gasteiger partial charge >= 0.3 is 11.4 Å². The predicted octanol–water partition coefficient (Wildman–Crippen LogP) is 4.29. The Morgan fingerprint density at radius 3 is 2.67 bits per heavy atom. The summed E-state index contributed by atoms with van der Waals surface area (Å²) < 4.78 is 16.2. The van der Waals surface area contributed by atoms with Gasteiger partial charge in [-0.1, -0.05) is 36.4 Å². The maximum absolute atomic E-state index is 14.0. The zero-order valence-electron chi connectivity index (χ0n) is 20.2. The first-order valence-electron chi connectivity index (χ1n) is 11.9. The molecule has 0 bridgehead atoms. The molecule has 3 aromatic heterocycles. The van der Waals surface area contributed by atoms with E-state index in [-0.39, 0.29) is 23.7 Å². The number of anilines is 2. The Morgan fingerprint density at radius 1 is 0.949 bits per heavy atom. The van der Waals surface area contributed by atoms with E-state index in [1.54, 1.807) is 36.7 Å². The smallest absolute Gasteiger partial charge is 0.325 e. The van der Waals surface area contributed by atoms with E-state index in [2.05, 4.69) is 20.3 Å². The van der Waals surface area contributed by atoms with Crippen LogP contribution in [0.2, 0.25) is 0 Å². The SMILES string of the molecule is N#Cc1cc(Cn2c(Nc3ccc4ncccc4c3)nc(=O)n(-c3cncc4ccccc34)c2=O)ccc1F. The molecule has 0 saturated carbocycles. The summed E-state index contributed by atoms with van der Waals surface area (Å²) in [5, 5.41) is 14.6. The van der Waals surface area contributed by atoms with E-state index in [4.69, 9.17) is 0 Å². The molecule has 3 aromatic carbocycles. The van der Waals surface area contributed by atoms with Gasteiger partial charge in [0, 0.05) is 34.2 Å².